The second kappa shape index (κ2) is 6.16. The van der Waals surface area contributed by atoms with Gasteiger partial charge in [-0.25, -0.2) is 4.98 Å². The van der Waals surface area contributed by atoms with Gasteiger partial charge in [-0.1, -0.05) is 6.92 Å². The van der Waals surface area contributed by atoms with Gasteiger partial charge >= 0.3 is 0 Å². The lowest BCUT2D eigenvalue weighted by Gasteiger charge is -2.32. The first-order chi connectivity index (χ1) is 8.19. The molecule has 2 rings (SSSR count). The van der Waals surface area contributed by atoms with E-state index in [-0.39, 0.29) is 0 Å². The van der Waals surface area contributed by atoms with E-state index in [2.05, 4.69) is 54.0 Å². The van der Waals surface area contributed by atoms with E-state index < -0.39 is 0 Å². The van der Waals surface area contributed by atoms with Crippen LogP contribution in [0.1, 0.15) is 19.8 Å². The number of pyridine rings is 1. The van der Waals surface area contributed by atoms with E-state index in [9.17, 15) is 0 Å². The second-order valence-corrected chi connectivity index (χ2v) is 6.13. The molecule has 3 nitrogen and oxygen atoms in total. The van der Waals surface area contributed by atoms with Crippen LogP contribution in [-0.2, 0) is 0 Å². The molecule has 1 aromatic heterocycles. The predicted octanol–water partition coefficient (Wildman–Crippen LogP) is 3.50. The van der Waals surface area contributed by atoms with Crippen LogP contribution in [0.3, 0.4) is 0 Å². The molecule has 1 aliphatic rings. The molecule has 1 aliphatic heterocycles. The van der Waals surface area contributed by atoms with Gasteiger partial charge in [-0.05, 0) is 63.9 Å². The number of halogens is 2. The predicted molar refractivity (Wildman–Crippen MR) is 78.4 cm³/mol. The Morgan fingerprint density at radius 2 is 2.35 bits per heavy atom. The molecule has 5 heteroatoms. The highest BCUT2D eigenvalue weighted by atomic mass is 79.9. The number of likely N-dealkylation sites (N-methyl/N-ethyl adjacent to an activating group) is 1. The topological polar surface area (TPSA) is 28.2 Å². The number of aromatic nitrogens is 1. The normalized spacial score (nSPS) is 21.5. The second-order valence-electron chi connectivity index (χ2n) is 4.36. The Hall–Kier alpha value is -0.130. The van der Waals surface area contributed by atoms with Crippen molar-refractivity contribution in [1.82, 2.24) is 9.88 Å². The van der Waals surface area contributed by atoms with Crippen LogP contribution in [0.5, 0.6) is 0 Å². The van der Waals surface area contributed by atoms with Gasteiger partial charge in [0.1, 0.15) is 5.82 Å². The molecular formula is C12H17Br2N3. The molecule has 94 valence electrons. The van der Waals surface area contributed by atoms with Gasteiger partial charge in [-0.15, -0.1) is 0 Å². The van der Waals surface area contributed by atoms with Gasteiger partial charge in [-0.3, -0.25) is 0 Å². The highest BCUT2D eigenvalue weighted by molar-refractivity contribution is 9.11. The van der Waals surface area contributed by atoms with E-state index in [1.165, 1.54) is 19.4 Å². The fraction of sp³-hybridized carbons (Fsp3) is 0.583. The summed E-state index contributed by atoms with van der Waals surface area (Å²) in [6, 6.07) is 2.53. The van der Waals surface area contributed by atoms with Gasteiger partial charge in [-0.2, -0.15) is 0 Å². The highest BCUT2D eigenvalue weighted by Gasteiger charge is 2.19. The number of likely N-dealkylation sites (tertiary alicyclic amines) is 1. The van der Waals surface area contributed by atoms with Crippen LogP contribution in [-0.4, -0.2) is 35.6 Å². The standard InChI is InChI=1S/C12H17Br2N3/c1-2-17-5-3-4-10(8-17)16-12-11(14)6-9(13)7-15-12/h6-7,10H,2-5,8H2,1H3,(H,15,16). The van der Waals surface area contributed by atoms with Crippen LogP contribution < -0.4 is 5.32 Å². The fourth-order valence-corrected chi connectivity index (χ4v) is 3.28. The van der Waals surface area contributed by atoms with Crippen molar-refractivity contribution in [3.63, 3.8) is 0 Å². The molecule has 1 atom stereocenters. The third kappa shape index (κ3) is 3.66. The lowest BCUT2D eigenvalue weighted by atomic mass is 10.1. The first-order valence-corrected chi connectivity index (χ1v) is 7.57. The van der Waals surface area contributed by atoms with Gasteiger partial charge in [0.2, 0.25) is 0 Å². The number of hydrogen-bond donors (Lipinski definition) is 1. The zero-order valence-corrected chi connectivity index (χ0v) is 13.1. The number of nitrogens with one attached hydrogen (secondary N) is 1. The average molecular weight is 363 g/mol. The van der Waals surface area contributed by atoms with Crippen LogP contribution in [0.2, 0.25) is 0 Å². The summed E-state index contributed by atoms with van der Waals surface area (Å²) < 4.78 is 2.01. The van der Waals surface area contributed by atoms with Crippen LogP contribution in [0.15, 0.2) is 21.2 Å². The maximum atomic E-state index is 4.40. The van der Waals surface area contributed by atoms with E-state index in [0.717, 1.165) is 27.9 Å². The van der Waals surface area contributed by atoms with Gasteiger partial charge in [0.05, 0.1) is 4.47 Å². The maximum absolute atomic E-state index is 4.40. The van der Waals surface area contributed by atoms with Gasteiger partial charge in [0.15, 0.2) is 0 Å². The molecule has 0 aromatic carbocycles. The van der Waals surface area contributed by atoms with Crippen molar-refractivity contribution in [3.05, 3.63) is 21.2 Å². The monoisotopic (exact) mass is 361 g/mol. The van der Waals surface area contributed by atoms with Crippen molar-refractivity contribution in [2.24, 2.45) is 0 Å². The summed E-state index contributed by atoms with van der Waals surface area (Å²) in [5, 5.41) is 3.52. The van der Waals surface area contributed by atoms with E-state index in [0.29, 0.717) is 6.04 Å². The fourth-order valence-electron chi connectivity index (χ4n) is 2.17. The number of rotatable bonds is 3. The molecule has 0 spiro atoms. The molecule has 1 N–H and O–H groups in total. The molecule has 2 heterocycles. The lowest BCUT2D eigenvalue weighted by Crippen LogP contribution is -2.42. The number of hydrogen-bond acceptors (Lipinski definition) is 3. The first-order valence-electron chi connectivity index (χ1n) is 5.99. The molecule has 1 saturated heterocycles. The van der Waals surface area contributed by atoms with Gasteiger partial charge in [0, 0.05) is 23.3 Å². The summed E-state index contributed by atoms with van der Waals surface area (Å²) in [6.07, 6.45) is 4.31. The maximum Gasteiger partial charge on any atom is 0.140 e. The van der Waals surface area contributed by atoms with E-state index in [1.54, 1.807) is 0 Å². The first kappa shape index (κ1) is 13.3. The largest absolute Gasteiger partial charge is 0.365 e. The van der Waals surface area contributed by atoms with Crippen molar-refractivity contribution >= 4 is 37.7 Å². The minimum absolute atomic E-state index is 0.508. The number of nitrogens with zero attached hydrogens (tertiary/aromatic N) is 2. The van der Waals surface area contributed by atoms with Crippen molar-refractivity contribution in [2.75, 3.05) is 25.0 Å². The summed E-state index contributed by atoms with van der Waals surface area (Å²) in [7, 11) is 0. The zero-order chi connectivity index (χ0) is 12.3. The molecule has 1 aromatic rings. The summed E-state index contributed by atoms with van der Waals surface area (Å²) in [6.45, 7) is 5.69. The highest BCUT2D eigenvalue weighted by Crippen LogP contribution is 2.25. The van der Waals surface area contributed by atoms with E-state index in [4.69, 9.17) is 0 Å². The Balaban J connectivity index is 2.00. The Bertz CT molecular complexity index is 384. The smallest absolute Gasteiger partial charge is 0.140 e. The van der Waals surface area contributed by atoms with E-state index >= 15 is 0 Å². The van der Waals surface area contributed by atoms with Crippen molar-refractivity contribution in [1.29, 1.82) is 0 Å². The Kier molecular flexibility index (Phi) is 4.82. The van der Waals surface area contributed by atoms with Crippen molar-refractivity contribution in [3.8, 4) is 0 Å². The van der Waals surface area contributed by atoms with Gasteiger partial charge < -0.3 is 10.2 Å². The Labute approximate surface area is 119 Å². The lowest BCUT2D eigenvalue weighted by molar-refractivity contribution is 0.226. The molecule has 17 heavy (non-hydrogen) atoms. The molecule has 0 radical (unpaired) electrons. The minimum Gasteiger partial charge on any atom is -0.365 e. The molecule has 0 aliphatic carbocycles. The van der Waals surface area contributed by atoms with Crippen LogP contribution in [0, 0.1) is 0 Å². The molecular weight excluding hydrogens is 346 g/mol. The number of piperidine rings is 1. The molecule has 0 bridgehead atoms. The molecule has 1 fully saturated rings. The number of anilines is 1. The molecule has 0 saturated carbocycles. The quantitative estimate of drug-likeness (QED) is 0.891. The van der Waals surface area contributed by atoms with E-state index in [1.807, 2.05) is 12.3 Å². The van der Waals surface area contributed by atoms with Crippen LogP contribution >= 0.6 is 31.9 Å². The van der Waals surface area contributed by atoms with Crippen molar-refractivity contribution in [2.45, 2.75) is 25.8 Å². The SMILES string of the molecule is CCN1CCCC(Nc2ncc(Br)cc2Br)C1. The Morgan fingerprint density at radius 3 is 3.06 bits per heavy atom. The van der Waals surface area contributed by atoms with Crippen LogP contribution in [0.4, 0.5) is 5.82 Å². The minimum atomic E-state index is 0.508. The summed E-state index contributed by atoms with van der Waals surface area (Å²) in [5.41, 5.74) is 0. The zero-order valence-electron chi connectivity index (χ0n) is 9.92. The summed E-state index contributed by atoms with van der Waals surface area (Å²) in [4.78, 5) is 6.88. The average Bonchev–Trinajstić information content (AvgIpc) is 2.33. The summed E-state index contributed by atoms with van der Waals surface area (Å²) in [5.74, 6) is 0.941. The molecule has 1 unspecified atom stereocenters. The third-order valence-electron chi connectivity index (χ3n) is 3.10. The van der Waals surface area contributed by atoms with Crippen LogP contribution in [0.25, 0.3) is 0 Å². The van der Waals surface area contributed by atoms with Gasteiger partial charge in [0.25, 0.3) is 0 Å². The summed E-state index contributed by atoms with van der Waals surface area (Å²) >= 11 is 6.95. The van der Waals surface area contributed by atoms with Crippen molar-refractivity contribution < 1.29 is 0 Å². The Morgan fingerprint density at radius 1 is 1.53 bits per heavy atom. The molecule has 0 amide bonds. The third-order valence-corrected chi connectivity index (χ3v) is 4.14.